The molecular weight excluding hydrogens is 936 g/mol. The van der Waals surface area contributed by atoms with Gasteiger partial charge in [-0.2, -0.15) is 4.98 Å². The number of benzene rings is 3. The van der Waals surface area contributed by atoms with Gasteiger partial charge in [-0.3, -0.25) is 19.8 Å². The number of hydrogen-bond acceptors (Lipinski definition) is 14. The number of nitrogens with zero attached hydrogens (tertiary/aromatic N) is 5. The van der Waals surface area contributed by atoms with Crippen molar-refractivity contribution in [2.24, 2.45) is 5.41 Å². The first kappa shape index (κ1) is 47.4. The number of fused-ring (bicyclic) bond motifs is 3. The maximum atomic E-state index is 14.5. The van der Waals surface area contributed by atoms with E-state index in [1.54, 1.807) is 12.3 Å². The van der Waals surface area contributed by atoms with Gasteiger partial charge in [0.15, 0.2) is 11.4 Å². The number of sulfonamides is 1. The van der Waals surface area contributed by atoms with Crippen LogP contribution < -0.4 is 29.3 Å². The Balaban J connectivity index is 0.00000578. The number of allylic oxidation sites excluding steroid dienone is 1. The highest BCUT2D eigenvalue weighted by Gasteiger charge is 2.37. The molecule has 5 aromatic rings. The molecule has 1 aliphatic carbocycles. The number of halogens is 2. The topological polar surface area (TPSA) is 194 Å². The van der Waals surface area contributed by atoms with E-state index in [0.29, 0.717) is 42.7 Å². The van der Waals surface area contributed by atoms with Crippen molar-refractivity contribution < 1.29 is 37.1 Å². The van der Waals surface area contributed by atoms with Crippen LogP contribution in [-0.2, 0) is 19.5 Å². The molecule has 3 aromatic carbocycles. The number of nitro benzene ring substituents is 1. The van der Waals surface area contributed by atoms with Crippen molar-refractivity contribution in [3.05, 3.63) is 105 Å². The Labute approximate surface area is 405 Å². The van der Waals surface area contributed by atoms with Crippen molar-refractivity contribution in [2.75, 3.05) is 80.8 Å². The van der Waals surface area contributed by atoms with Crippen LogP contribution in [0.15, 0.2) is 83.4 Å². The number of ether oxygens (including phenoxy) is 4. The molecule has 1 amide bonds. The van der Waals surface area contributed by atoms with Crippen LogP contribution in [0.25, 0.3) is 16.6 Å². The lowest BCUT2D eigenvalue weighted by atomic mass is 9.72. The van der Waals surface area contributed by atoms with Gasteiger partial charge in [0, 0.05) is 67.1 Å². The zero-order valence-corrected chi connectivity index (χ0v) is 40.3. The number of carbonyl (C=O) groups excluding carboxylic acids is 1. The number of carbonyl (C=O) groups is 1. The molecule has 3 atom stereocenters. The summed E-state index contributed by atoms with van der Waals surface area (Å²) in [5, 5.41) is 17.1. The first-order chi connectivity index (χ1) is 32.2. The number of nitro groups is 1. The molecule has 0 saturated carbocycles. The van der Waals surface area contributed by atoms with E-state index in [4.69, 9.17) is 35.5 Å². The van der Waals surface area contributed by atoms with E-state index in [9.17, 15) is 23.3 Å². The predicted octanol–water partition coefficient (Wildman–Crippen LogP) is 7.96. The summed E-state index contributed by atoms with van der Waals surface area (Å²) in [7, 11) is -4.69. The third kappa shape index (κ3) is 9.67. The van der Waals surface area contributed by atoms with Gasteiger partial charge >= 0.3 is 0 Å². The van der Waals surface area contributed by atoms with Gasteiger partial charge in [-0.15, -0.1) is 12.4 Å². The number of anilines is 4. The molecule has 0 spiro atoms. The molecule has 0 radical (unpaired) electrons. The summed E-state index contributed by atoms with van der Waals surface area (Å²) in [5.74, 6) is -0.592. The number of nitrogens with one attached hydrogen (secondary N) is 3. The summed E-state index contributed by atoms with van der Waals surface area (Å²) < 4.78 is 53.9. The van der Waals surface area contributed by atoms with Crippen LogP contribution in [0.3, 0.4) is 0 Å². The van der Waals surface area contributed by atoms with Gasteiger partial charge in [0.1, 0.15) is 30.1 Å². The molecular formula is C48H54Cl2N8O9S. The molecule has 2 aromatic heterocycles. The summed E-state index contributed by atoms with van der Waals surface area (Å²) in [6, 6.07) is 19.0. The first-order valence-electron chi connectivity index (χ1n) is 22.7. The third-order valence-corrected chi connectivity index (χ3v) is 15.0. The lowest BCUT2D eigenvalue weighted by Crippen LogP contribution is -2.47. The van der Waals surface area contributed by atoms with Crippen molar-refractivity contribution in [2.45, 2.75) is 63.2 Å². The van der Waals surface area contributed by atoms with Crippen LogP contribution >= 0.6 is 24.0 Å². The summed E-state index contributed by atoms with van der Waals surface area (Å²) in [5.41, 5.74) is 6.45. The number of pyridine rings is 1. The Morgan fingerprint density at radius 2 is 1.81 bits per heavy atom. The third-order valence-electron chi connectivity index (χ3n) is 13.4. The lowest BCUT2D eigenvalue weighted by molar-refractivity contribution is -0.384. The van der Waals surface area contributed by atoms with E-state index in [-0.39, 0.29) is 54.1 Å². The van der Waals surface area contributed by atoms with E-state index in [1.165, 1.54) is 22.8 Å². The molecule has 10 rings (SSSR count). The van der Waals surface area contributed by atoms with Gasteiger partial charge < -0.3 is 39.0 Å². The number of aromatic amines is 1. The van der Waals surface area contributed by atoms with Crippen molar-refractivity contribution in [1.29, 1.82) is 0 Å². The molecule has 20 heteroatoms. The lowest BCUT2D eigenvalue weighted by Gasteiger charge is -2.40. The maximum Gasteiger partial charge on any atom is 0.297 e. The fraction of sp³-hybridized carbons (Fsp3) is 0.417. The smallest absolute Gasteiger partial charge is 0.297 e. The molecule has 2 saturated heterocycles. The second-order valence-electron chi connectivity index (χ2n) is 18.7. The van der Waals surface area contributed by atoms with Crippen LogP contribution in [0, 0.1) is 15.5 Å². The number of piperazine rings is 1. The second-order valence-corrected chi connectivity index (χ2v) is 20.8. The van der Waals surface area contributed by atoms with Crippen LogP contribution in [0.2, 0.25) is 5.02 Å². The van der Waals surface area contributed by atoms with Crippen molar-refractivity contribution in [3.63, 3.8) is 0 Å². The largest absolute Gasteiger partial charge is 0.489 e. The summed E-state index contributed by atoms with van der Waals surface area (Å²) >= 11 is 6.27. The fourth-order valence-electron chi connectivity index (χ4n) is 9.79. The van der Waals surface area contributed by atoms with E-state index in [0.717, 1.165) is 74.1 Å². The SMILES string of the molecule is C[C@@H]1CN(c2cc(N3CCN(CC4=C(c5ccc(Cl)cc5)CC(C)(C)CC4)CC3)ccc2C(=O)NS(=O)(=O)c2cc3c(c([N+](=O)[O-])c2)N[C@H]([C@H]2COCCO2)CO3)c2cc3cc[nH]c3nc2O1.Cl. The van der Waals surface area contributed by atoms with Gasteiger partial charge in [0.25, 0.3) is 21.6 Å². The molecule has 4 aliphatic heterocycles. The zero-order chi connectivity index (χ0) is 46.6. The number of hydrogen-bond donors (Lipinski definition) is 3. The quantitative estimate of drug-likeness (QED) is 0.0901. The van der Waals surface area contributed by atoms with E-state index in [2.05, 4.69) is 50.8 Å². The minimum absolute atomic E-state index is 0. The highest BCUT2D eigenvalue weighted by atomic mass is 35.5. The number of aromatic nitrogens is 2. The Hall–Kier alpha value is -5.63. The zero-order valence-electron chi connectivity index (χ0n) is 38.0. The van der Waals surface area contributed by atoms with Gasteiger partial charge in [-0.1, -0.05) is 43.2 Å². The van der Waals surface area contributed by atoms with Crippen LogP contribution in [-0.4, -0.2) is 118 Å². The highest BCUT2D eigenvalue weighted by molar-refractivity contribution is 7.90. The highest BCUT2D eigenvalue weighted by Crippen LogP contribution is 2.45. The average molecular weight is 990 g/mol. The van der Waals surface area contributed by atoms with Crippen molar-refractivity contribution in [1.82, 2.24) is 19.6 Å². The molecule has 68 heavy (non-hydrogen) atoms. The van der Waals surface area contributed by atoms with Gasteiger partial charge in [-0.25, -0.2) is 13.1 Å². The Bertz CT molecular complexity index is 2880. The molecule has 0 unspecified atom stereocenters. The molecule has 6 heterocycles. The molecule has 2 fully saturated rings. The maximum absolute atomic E-state index is 14.5. The van der Waals surface area contributed by atoms with Gasteiger partial charge in [0.2, 0.25) is 5.88 Å². The fourth-order valence-corrected chi connectivity index (χ4v) is 10.9. The number of rotatable bonds is 10. The predicted molar refractivity (Wildman–Crippen MR) is 263 cm³/mol. The summed E-state index contributed by atoms with van der Waals surface area (Å²) in [6.07, 6.45) is 4.19. The summed E-state index contributed by atoms with van der Waals surface area (Å²) in [4.78, 5) is 40.3. The number of amides is 1. The minimum atomic E-state index is -4.69. The Kier molecular flexibility index (Phi) is 13.3. The van der Waals surface area contributed by atoms with E-state index < -0.39 is 43.6 Å². The molecule has 3 N–H and O–H groups in total. The van der Waals surface area contributed by atoms with Gasteiger partial charge in [-0.05, 0) is 85.2 Å². The standard InChI is InChI=1S/C48H53ClN8O9S.ClH/c1-29-25-56(41-20-31-11-13-50-45(31)52-47(41)66-29)39-21-34(55-16-14-54(15-17-55)26-32-10-12-48(2,3)24-37(32)30-4-6-33(49)7-5-30)8-9-36(39)46(58)53-67(61,62)35-22-40(57(59)60)44-42(23-35)65-27-38(51-44)43-28-63-18-19-64-43;/h4-9,11,13,20-23,29,38,43,51H,10,12,14-19,24-28H2,1-3H3,(H,50,52)(H,53,58);1H/t29-,38+,43-;/m1./s1. The first-order valence-corrected chi connectivity index (χ1v) is 24.5. The van der Waals surface area contributed by atoms with Crippen molar-refractivity contribution >= 4 is 85.0 Å². The minimum Gasteiger partial charge on any atom is -0.489 e. The van der Waals surface area contributed by atoms with Crippen LogP contribution in [0.5, 0.6) is 11.6 Å². The Morgan fingerprint density at radius 1 is 1.01 bits per heavy atom. The average Bonchev–Trinajstić information content (AvgIpc) is 3.78. The monoisotopic (exact) mass is 988 g/mol. The number of H-pyrrole nitrogens is 1. The Morgan fingerprint density at radius 3 is 2.56 bits per heavy atom. The summed E-state index contributed by atoms with van der Waals surface area (Å²) in [6.45, 7) is 12.0. The van der Waals surface area contributed by atoms with Crippen LogP contribution in [0.1, 0.15) is 56.0 Å². The van der Waals surface area contributed by atoms with Crippen molar-refractivity contribution in [3.8, 4) is 11.6 Å². The van der Waals surface area contributed by atoms with E-state index in [1.807, 2.05) is 48.2 Å². The molecule has 360 valence electrons. The molecule has 0 bridgehead atoms. The molecule has 17 nitrogen and oxygen atoms in total. The second kappa shape index (κ2) is 19.0. The van der Waals surface area contributed by atoms with Crippen LogP contribution in [0.4, 0.5) is 28.4 Å². The van der Waals surface area contributed by atoms with E-state index >= 15 is 0 Å². The molecule has 5 aliphatic rings. The normalized spacial score (nSPS) is 21.7. The van der Waals surface area contributed by atoms with Gasteiger partial charge in [0.05, 0.1) is 53.5 Å².